The van der Waals surface area contributed by atoms with Gasteiger partial charge in [0.05, 0.1) is 12.1 Å². The Morgan fingerprint density at radius 2 is 1.94 bits per heavy atom. The van der Waals surface area contributed by atoms with E-state index in [1.54, 1.807) is 0 Å². The van der Waals surface area contributed by atoms with Crippen LogP contribution >= 0.6 is 11.6 Å². The summed E-state index contributed by atoms with van der Waals surface area (Å²) in [6.07, 6.45) is 3.02. The van der Waals surface area contributed by atoms with E-state index in [0.717, 1.165) is 12.8 Å². The number of aromatic amines is 1. The summed E-state index contributed by atoms with van der Waals surface area (Å²) in [4.78, 5) is 0. The fourth-order valence-electron chi connectivity index (χ4n) is 1.60. The lowest BCUT2D eigenvalue weighted by molar-refractivity contribution is 0.407. The van der Waals surface area contributed by atoms with Gasteiger partial charge in [0, 0.05) is 18.7 Å². The minimum Gasteiger partial charge on any atom is -0.266 e. The molecular weight excluding hydrogens is 262 g/mol. The fraction of sp³-hybridized carbons (Fsp3) is 0.700. The van der Waals surface area contributed by atoms with Gasteiger partial charge in [-0.15, -0.1) is 11.6 Å². The SMILES string of the molecule is CCCN(CCC)S(=O)(=O)c1[nH]ncc1CCl. The molecular formula is C10H18ClN3O2S. The van der Waals surface area contributed by atoms with E-state index in [-0.39, 0.29) is 10.9 Å². The normalized spacial score (nSPS) is 12.2. The van der Waals surface area contributed by atoms with Crippen LogP contribution in [0.15, 0.2) is 11.2 Å². The average Bonchev–Trinajstić information content (AvgIpc) is 2.77. The first kappa shape index (κ1) is 14.5. The largest absolute Gasteiger partial charge is 0.266 e. The number of rotatable bonds is 7. The zero-order chi connectivity index (χ0) is 12.9. The Labute approximate surface area is 107 Å². The maximum atomic E-state index is 12.3. The molecule has 1 aromatic rings. The van der Waals surface area contributed by atoms with E-state index in [0.29, 0.717) is 18.7 Å². The predicted molar refractivity (Wildman–Crippen MR) is 67.5 cm³/mol. The highest BCUT2D eigenvalue weighted by atomic mass is 35.5. The van der Waals surface area contributed by atoms with Crippen LogP contribution in [0, 0.1) is 0 Å². The van der Waals surface area contributed by atoms with Crippen molar-refractivity contribution >= 4 is 21.6 Å². The van der Waals surface area contributed by atoms with Crippen LogP contribution in [0.2, 0.25) is 0 Å². The number of sulfonamides is 1. The molecule has 0 amide bonds. The lowest BCUT2D eigenvalue weighted by Gasteiger charge is -2.20. The maximum Gasteiger partial charge on any atom is 0.260 e. The summed E-state index contributed by atoms with van der Waals surface area (Å²) < 4.78 is 26.2. The van der Waals surface area contributed by atoms with Gasteiger partial charge >= 0.3 is 0 Å². The van der Waals surface area contributed by atoms with Gasteiger partial charge < -0.3 is 0 Å². The summed E-state index contributed by atoms with van der Waals surface area (Å²) in [5, 5.41) is 6.40. The van der Waals surface area contributed by atoms with Crippen molar-refractivity contribution in [2.24, 2.45) is 0 Å². The number of nitrogens with one attached hydrogen (secondary N) is 1. The van der Waals surface area contributed by atoms with Crippen molar-refractivity contribution in [2.45, 2.75) is 37.6 Å². The standard InChI is InChI=1S/C10H18ClN3O2S/c1-3-5-14(6-4-2)17(15,16)10-9(7-11)8-12-13-10/h8H,3-7H2,1-2H3,(H,12,13). The van der Waals surface area contributed by atoms with Gasteiger partial charge in [0.15, 0.2) is 5.03 Å². The number of hydrogen-bond acceptors (Lipinski definition) is 3. The van der Waals surface area contributed by atoms with E-state index >= 15 is 0 Å². The molecule has 0 spiro atoms. The van der Waals surface area contributed by atoms with E-state index in [9.17, 15) is 8.42 Å². The third kappa shape index (κ3) is 3.20. The van der Waals surface area contributed by atoms with Crippen LogP contribution in [0.4, 0.5) is 0 Å². The van der Waals surface area contributed by atoms with Crippen molar-refractivity contribution in [1.82, 2.24) is 14.5 Å². The van der Waals surface area contributed by atoms with Gasteiger partial charge in [-0.3, -0.25) is 5.10 Å². The second-order valence-electron chi connectivity index (χ2n) is 3.76. The fourth-order valence-corrected chi connectivity index (χ4v) is 3.61. The van der Waals surface area contributed by atoms with E-state index in [4.69, 9.17) is 11.6 Å². The summed E-state index contributed by atoms with van der Waals surface area (Å²) in [5.74, 6) is 0.136. The molecule has 0 aliphatic carbocycles. The molecule has 0 atom stereocenters. The predicted octanol–water partition coefficient (Wildman–Crippen LogP) is 1.96. The Balaban J connectivity index is 3.07. The highest BCUT2D eigenvalue weighted by Crippen LogP contribution is 2.19. The molecule has 98 valence electrons. The van der Waals surface area contributed by atoms with Gasteiger partial charge in [-0.2, -0.15) is 9.40 Å². The molecule has 0 saturated carbocycles. The molecule has 0 saturated heterocycles. The molecule has 5 nitrogen and oxygen atoms in total. The average molecular weight is 280 g/mol. The minimum atomic E-state index is -3.49. The van der Waals surface area contributed by atoms with E-state index in [2.05, 4.69) is 10.2 Å². The highest BCUT2D eigenvalue weighted by molar-refractivity contribution is 7.89. The summed E-state index contributed by atoms with van der Waals surface area (Å²) in [5.41, 5.74) is 0.517. The van der Waals surface area contributed by atoms with Gasteiger partial charge in [0.2, 0.25) is 0 Å². The molecule has 1 aromatic heterocycles. The number of H-pyrrole nitrogens is 1. The molecule has 0 aliphatic rings. The summed E-state index contributed by atoms with van der Waals surface area (Å²) >= 11 is 5.70. The number of halogens is 1. The van der Waals surface area contributed by atoms with Crippen molar-refractivity contribution in [2.75, 3.05) is 13.1 Å². The van der Waals surface area contributed by atoms with Crippen molar-refractivity contribution < 1.29 is 8.42 Å². The highest BCUT2D eigenvalue weighted by Gasteiger charge is 2.27. The molecule has 17 heavy (non-hydrogen) atoms. The third-order valence-corrected chi connectivity index (χ3v) is 4.57. The first-order chi connectivity index (χ1) is 8.07. The first-order valence-electron chi connectivity index (χ1n) is 5.66. The molecule has 0 bridgehead atoms. The van der Waals surface area contributed by atoms with Gasteiger partial charge in [-0.05, 0) is 12.8 Å². The van der Waals surface area contributed by atoms with Crippen LogP contribution in [0.25, 0.3) is 0 Å². The molecule has 0 radical (unpaired) electrons. The van der Waals surface area contributed by atoms with Gasteiger partial charge in [0.1, 0.15) is 0 Å². The van der Waals surface area contributed by atoms with Crippen molar-refractivity contribution in [3.8, 4) is 0 Å². The molecule has 0 unspecified atom stereocenters. The van der Waals surface area contributed by atoms with Crippen LogP contribution in [0.3, 0.4) is 0 Å². The van der Waals surface area contributed by atoms with Crippen LogP contribution in [-0.4, -0.2) is 36.0 Å². The van der Waals surface area contributed by atoms with Crippen molar-refractivity contribution in [3.05, 3.63) is 11.8 Å². The van der Waals surface area contributed by atoms with Gasteiger partial charge in [0.25, 0.3) is 10.0 Å². The number of aromatic nitrogens is 2. The summed E-state index contributed by atoms with van der Waals surface area (Å²) in [6, 6.07) is 0. The zero-order valence-corrected chi connectivity index (χ0v) is 11.7. The van der Waals surface area contributed by atoms with E-state index in [1.807, 2.05) is 13.8 Å². The summed E-state index contributed by atoms with van der Waals surface area (Å²) in [6.45, 7) is 4.93. The van der Waals surface area contributed by atoms with E-state index < -0.39 is 10.0 Å². The lowest BCUT2D eigenvalue weighted by atomic mass is 10.4. The Bertz CT molecular complexity index is 438. The number of hydrogen-bond donors (Lipinski definition) is 1. The van der Waals surface area contributed by atoms with Gasteiger partial charge in [-0.1, -0.05) is 13.8 Å². The van der Waals surface area contributed by atoms with E-state index in [1.165, 1.54) is 10.5 Å². The number of alkyl halides is 1. The molecule has 0 aliphatic heterocycles. The van der Waals surface area contributed by atoms with Crippen LogP contribution < -0.4 is 0 Å². The molecule has 1 heterocycles. The topological polar surface area (TPSA) is 66.1 Å². The third-order valence-electron chi connectivity index (χ3n) is 2.37. The lowest BCUT2D eigenvalue weighted by Crippen LogP contribution is -2.33. The smallest absolute Gasteiger partial charge is 0.260 e. The second kappa shape index (κ2) is 6.37. The maximum absolute atomic E-state index is 12.3. The van der Waals surface area contributed by atoms with Crippen LogP contribution in [-0.2, 0) is 15.9 Å². The Morgan fingerprint density at radius 3 is 2.41 bits per heavy atom. The molecule has 1 rings (SSSR count). The van der Waals surface area contributed by atoms with Crippen LogP contribution in [0.5, 0.6) is 0 Å². The number of nitrogens with zero attached hydrogens (tertiary/aromatic N) is 2. The zero-order valence-electron chi connectivity index (χ0n) is 10.1. The minimum absolute atomic E-state index is 0.120. The molecule has 0 fully saturated rings. The summed E-state index contributed by atoms with van der Waals surface area (Å²) in [7, 11) is -3.49. The van der Waals surface area contributed by atoms with Gasteiger partial charge in [-0.25, -0.2) is 8.42 Å². The molecule has 7 heteroatoms. The Hall–Kier alpha value is -0.590. The monoisotopic (exact) mass is 279 g/mol. The Kier molecular flexibility index (Phi) is 5.42. The quantitative estimate of drug-likeness (QED) is 0.776. The molecule has 0 aromatic carbocycles. The van der Waals surface area contributed by atoms with Crippen molar-refractivity contribution in [3.63, 3.8) is 0 Å². The van der Waals surface area contributed by atoms with Crippen LogP contribution in [0.1, 0.15) is 32.3 Å². The first-order valence-corrected chi connectivity index (χ1v) is 7.63. The molecule has 1 N–H and O–H groups in total. The Morgan fingerprint density at radius 1 is 1.35 bits per heavy atom. The second-order valence-corrected chi connectivity index (χ2v) is 5.90. The van der Waals surface area contributed by atoms with Crippen molar-refractivity contribution in [1.29, 1.82) is 0 Å².